The Hall–Kier alpha value is -0.790. The van der Waals surface area contributed by atoms with Crippen molar-refractivity contribution in [3.63, 3.8) is 0 Å². The van der Waals surface area contributed by atoms with Gasteiger partial charge in [-0.15, -0.1) is 11.6 Å². The number of halogens is 2. The Kier molecular flexibility index (Phi) is 2.62. The quantitative estimate of drug-likeness (QED) is 0.664. The van der Waals surface area contributed by atoms with E-state index >= 15 is 0 Å². The van der Waals surface area contributed by atoms with Gasteiger partial charge >= 0.3 is 0 Å². The summed E-state index contributed by atoms with van der Waals surface area (Å²) in [6.45, 7) is 1.94. The van der Waals surface area contributed by atoms with Crippen molar-refractivity contribution in [2.24, 2.45) is 0 Å². The molecule has 2 rings (SSSR count). The largest absolute Gasteiger partial charge is 0.255 e. The second kappa shape index (κ2) is 3.76. The van der Waals surface area contributed by atoms with Gasteiger partial charge in [0.2, 0.25) is 0 Å². The Bertz CT molecular complexity index is 466. The van der Waals surface area contributed by atoms with Gasteiger partial charge in [-0.2, -0.15) is 0 Å². The third-order valence-corrected chi connectivity index (χ3v) is 2.59. The van der Waals surface area contributed by atoms with Crippen molar-refractivity contribution >= 4 is 34.1 Å². The fourth-order valence-electron chi connectivity index (χ4n) is 1.36. The van der Waals surface area contributed by atoms with E-state index in [-0.39, 0.29) is 5.38 Å². The van der Waals surface area contributed by atoms with Crippen molar-refractivity contribution in [2.45, 2.75) is 12.3 Å². The molecule has 3 heteroatoms. The van der Waals surface area contributed by atoms with Gasteiger partial charge in [0, 0.05) is 11.6 Å². The summed E-state index contributed by atoms with van der Waals surface area (Å²) in [4.78, 5) is 4.23. The van der Waals surface area contributed by atoms with E-state index < -0.39 is 0 Å². The lowest BCUT2D eigenvalue weighted by Crippen LogP contribution is -1.85. The molecule has 0 bridgehead atoms. The minimum atomic E-state index is 0.0110. The summed E-state index contributed by atoms with van der Waals surface area (Å²) in [6.07, 6.45) is 1.65. The number of pyridine rings is 1. The number of hydrogen-bond acceptors (Lipinski definition) is 1. The maximum absolute atomic E-state index is 5.98. The fourth-order valence-corrected chi connectivity index (χ4v) is 1.66. The van der Waals surface area contributed by atoms with Crippen molar-refractivity contribution < 1.29 is 0 Å². The number of nitrogens with zero attached hydrogens (tertiary/aromatic N) is 1. The van der Waals surface area contributed by atoms with Crippen LogP contribution in [0.4, 0.5) is 0 Å². The number of fused-ring (bicyclic) bond motifs is 1. The lowest BCUT2D eigenvalue weighted by Gasteiger charge is -2.04. The number of hydrogen-bond donors (Lipinski definition) is 0. The van der Waals surface area contributed by atoms with Gasteiger partial charge in [0.15, 0.2) is 0 Å². The summed E-state index contributed by atoms with van der Waals surface area (Å²) in [5, 5.41) is 1.71. The molecule has 1 aromatic heterocycles. The molecule has 1 unspecified atom stereocenters. The lowest BCUT2D eigenvalue weighted by atomic mass is 10.1. The molecule has 0 aliphatic heterocycles. The molecule has 0 fully saturated rings. The highest BCUT2D eigenvalue weighted by Gasteiger charge is 2.03. The SMILES string of the molecule is CC(Cl)c1ccc2cc(Cl)cnc2c1. The normalized spacial score (nSPS) is 13.1. The van der Waals surface area contributed by atoms with Crippen LogP contribution in [-0.2, 0) is 0 Å². The Balaban J connectivity index is 2.62. The summed E-state index contributed by atoms with van der Waals surface area (Å²) in [6, 6.07) is 7.87. The minimum Gasteiger partial charge on any atom is -0.255 e. The molecule has 0 spiro atoms. The van der Waals surface area contributed by atoms with Crippen LogP contribution in [-0.4, -0.2) is 4.98 Å². The predicted molar refractivity (Wildman–Crippen MR) is 61.0 cm³/mol. The van der Waals surface area contributed by atoms with E-state index in [4.69, 9.17) is 23.2 Å². The smallest absolute Gasteiger partial charge is 0.0706 e. The van der Waals surface area contributed by atoms with Crippen LogP contribution in [0.3, 0.4) is 0 Å². The van der Waals surface area contributed by atoms with E-state index in [2.05, 4.69) is 4.98 Å². The summed E-state index contributed by atoms with van der Waals surface area (Å²) in [5.41, 5.74) is 2.01. The molecule has 0 amide bonds. The van der Waals surface area contributed by atoms with E-state index in [1.54, 1.807) is 6.20 Å². The van der Waals surface area contributed by atoms with Crippen LogP contribution < -0.4 is 0 Å². The van der Waals surface area contributed by atoms with E-state index in [0.29, 0.717) is 5.02 Å². The summed E-state index contributed by atoms with van der Waals surface area (Å²) >= 11 is 11.8. The maximum atomic E-state index is 5.98. The molecule has 0 saturated heterocycles. The van der Waals surface area contributed by atoms with E-state index in [0.717, 1.165) is 16.5 Å². The van der Waals surface area contributed by atoms with Crippen LogP contribution in [0.15, 0.2) is 30.5 Å². The number of aromatic nitrogens is 1. The van der Waals surface area contributed by atoms with Gasteiger partial charge < -0.3 is 0 Å². The van der Waals surface area contributed by atoms with E-state index in [1.807, 2.05) is 31.2 Å². The molecule has 14 heavy (non-hydrogen) atoms. The molecule has 1 atom stereocenters. The van der Waals surface area contributed by atoms with Gasteiger partial charge in [-0.05, 0) is 24.6 Å². The highest BCUT2D eigenvalue weighted by molar-refractivity contribution is 6.31. The van der Waals surface area contributed by atoms with Gasteiger partial charge in [0.05, 0.1) is 15.9 Å². The molecule has 0 radical (unpaired) electrons. The maximum Gasteiger partial charge on any atom is 0.0706 e. The zero-order chi connectivity index (χ0) is 10.1. The summed E-state index contributed by atoms with van der Waals surface area (Å²) in [5.74, 6) is 0. The second-order valence-electron chi connectivity index (χ2n) is 3.22. The number of rotatable bonds is 1. The van der Waals surface area contributed by atoms with Gasteiger partial charge in [-0.1, -0.05) is 23.7 Å². The zero-order valence-electron chi connectivity index (χ0n) is 7.67. The van der Waals surface area contributed by atoms with E-state index in [9.17, 15) is 0 Å². The monoisotopic (exact) mass is 225 g/mol. The molecule has 2 aromatic rings. The van der Waals surface area contributed by atoms with Gasteiger partial charge in [0.25, 0.3) is 0 Å². The third kappa shape index (κ3) is 1.84. The molecule has 1 nitrogen and oxygen atoms in total. The molecular weight excluding hydrogens is 217 g/mol. The van der Waals surface area contributed by atoms with Crippen LogP contribution in [0, 0.1) is 0 Å². The van der Waals surface area contributed by atoms with Crippen LogP contribution >= 0.6 is 23.2 Å². The third-order valence-electron chi connectivity index (χ3n) is 2.13. The molecule has 0 aliphatic carbocycles. The predicted octanol–water partition coefficient (Wildman–Crippen LogP) is 4.19. The topological polar surface area (TPSA) is 12.9 Å². The van der Waals surface area contributed by atoms with Gasteiger partial charge in [0.1, 0.15) is 0 Å². The average molecular weight is 226 g/mol. The van der Waals surface area contributed by atoms with Crippen molar-refractivity contribution in [2.75, 3.05) is 0 Å². The molecular formula is C11H9Cl2N. The average Bonchev–Trinajstić information content (AvgIpc) is 2.16. The molecule has 1 aromatic carbocycles. The Labute approximate surface area is 92.7 Å². The minimum absolute atomic E-state index is 0.0110. The van der Waals surface area contributed by atoms with E-state index in [1.165, 1.54) is 0 Å². The molecule has 0 N–H and O–H groups in total. The molecule has 0 aliphatic rings. The first-order chi connectivity index (χ1) is 6.66. The fraction of sp³-hybridized carbons (Fsp3) is 0.182. The Morgan fingerprint density at radius 3 is 2.79 bits per heavy atom. The first kappa shape index (κ1) is 9.75. The van der Waals surface area contributed by atoms with Crippen molar-refractivity contribution in [1.82, 2.24) is 4.98 Å². The lowest BCUT2D eigenvalue weighted by molar-refractivity contribution is 1.09. The Morgan fingerprint density at radius 2 is 2.07 bits per heavy atom. The van der Waals surface area contributed by atoms with Gasteiger partial charge in [-0.25, -0.2) is 0 Å². The second-order valence-corrected chi connectivity index (χ2v) is 4.31. The van der Waals surface area contributed by atoms with Crippen molar-refractivity contribution in [3.8, 4) is 0 Å². The molecule has 72 valence electrons. The highest BCUT2D eigenvalue weighted by atomic mass is 35.5. The zero-order valence-corrected chi connectivity index (χ0v) is 9.18. The summed E-state index contributed by atoms with van der Waals surface area (Å²) < 4.78 is 0. The highest BCUT2D eigenvalue weighted by Crippen LogP contribution is 2.24. The van der Waals surface area contributed by atoms with Crippen molar-refractivity contribution in [1.29, 1.82) is 0 Å². The van der Waals surface area contributed by atoms with Crippen LogP contribution in [0.2, 0.25) is 5.02 Å². The first-order valence-electron chi connectivity index (χ1n) is 4.36. The first-order valence-corrected chi connectivity index (χ1v) is 5.17. The molecule has 0 saturated carbocycles. The van der Waals surface area contributed by atoms with Crippen molar-refractivity contribution in [3.05, 3.63) is 41.0 Å². The molecule has 1 heterocycles. The standard InChI is InChI=1S/C11H9Cl2N/c1-7(12)8-2-3-9-4-10(13)6-14-11(9)5-8/h2-7H,1H3. The van der Waals surface area contributed by atoms with Crippen LogP contribution in [0.1, 0.15) is 17.9 Å². The summed E-state index contributed by atoms with van der Waals surface area (Å²) in [7, 11) is 0. The number of benzene rings is 1. The van der Waals surface area contributed by atoms with Gasteiger partial charge in [-0.3, -0.25) is 4.98 Å². The van der Waals surface area contributed by atoms with Crippen LogP contribution in [0.25, 0.3) is 10.9 Å². The Morgan fingerprint density at radius 1 is 1.29 bits per heavy atom. The van der Waals surface area contributed by atoms with Crippen LogP contribution in [0.5, 0.6) is 0 Å². The number of alkyl halides is 1.